The van der Waals surface area contributed by atoms with Gasteiger partial charge in [0.15, 0.2) is 5.69 Å². The van der Waals surface area contributed by atoms with E-state index in [1.165, 1.54) is 0 Å². The third-order valence-corrected chi connectivity index (χ3v) is 4.34. The Morgan fingerprint density at radius 1 is 1.48 bits per heavy atom. The number of carbonyl (C=O) groups is 1. The molecule has 8 heteroatoms. The Labute approximate surface area is 151 Å². The zero-order valence-electron chi connectivity index (χ0n) is 14.1. The second-order valence-corrected chi connectivity index (χ2v) is 6.60. The average Bonchev–Trinajstić information content (AvgIpc) is 3.11. The molecule has 7 nitrogen and oxygen atoms in total. The number of halogens is 1. The number of piperidine rings is 1. The van der Waals surface area contributed by atoms with Crippen molar-refractivity contribution in [2.45, 2.75) is 31.9 Å². The summed E-state index contributed by atoms with van der Waals surface area (Å²) < 4.78 is 7.53. The molecule has 0 bridgehead atoms. The van der Waals surface area contributed by atoms with Crippen molar-refractivity contribution in [3.63, 3.8) is 0 Å². The Bertz CT molecular complexity index is 715. The molecule has 1 unspecified atom stereocenters. The van der Waals surface area contributed by atoms with Crippen LogP contribution in [0.25, 0.3) is 0 Å². The fourth-order valence-corrected chi connectivity index (χ4v) is 2.95. The van der Waals surface area contributed by atoms with Crippen LogP contribution in [0, 0.1) is 0 Å². The van der Waals surface area contributed by atoms with Gasteiger partial charge in [0.05, 0.1) is 18.8 Å². The number of hydrogen-bond donors (Lipinski definition) is 2. The van der Waals surface area contributed by atoms with Crippen LogP contribution >= 0.6 is 11.6 Å². The van der Waals surface area contributed by atoms with Gasteiger partial charge in [-0.3, -0.25) is 4.79 Å². The fraction of sp³-hybridized carbons (Fsp3) is 0.471. The third-order valence-electron chi connectivity index (χ3n) is 4.11. The van der Waals surface area contributed by atoms with E-state index in [-0.39, 0.29) is 12.0 Å². The highest BCUT2D eigenvalue weighted by Crippen LogP contribution is 2.18. The summed E-state index contributed by atoms with van der Waals surface area (Å²) in [6.45, 7) is 4.17. The Morgan fingerprint density at radius 2 is 2.28 bits per heavy atom. The Morgan fingerprint density at radius 3 is 3.04 bits per heavy atom. The standard InChI is InChI=1S/C17H22ClN5O2/c1-12(25-15-4-2-3-13(18)9-15)10-20-17(24)16-11-23(22-21-16)14-5-7-19-8-6-14/h2-4,9,11-12,14,19H,5-8,10H2,1H3,(H,20,24). The van der Waals surface area contributed by atoms with Gasteiger partial charge in [-0.2, -0.15) is 0 Å². The molecule has 0 aliphatic carbocycles. The zero-order chi connectivity index (χ0) is 17.6. The van der Waals surface area contributed by atoms with E-state index in [0.717, 1.165) is 25.9 Å². The molecule has 1 aromatic heterocycles. The van der Waals surface area contributed by atoms with E-state index < -0.39 is 0 Å². The predicted octanol–water partition coefficient (Wildman–Crippen LogP) is 2.05. The number of benzene rings is 1. The van der Waals surface area contributed by atoms with Gasteiger partial charge in [-0.25, -0.2) is 4.68 Å². The van der Waals surface area contributed by atoms with Gasteiger partial charge in [0.1, 0.15) is 11.9 Å². The lowest BCUT2D eigenvalue weighted by Gasteiger charge is -2.22. The maximum Gasteiger partial charge on any atom is 0.273 e. The maximum absolute atomic E-state index is 12.2. The summed E-state index contributed by atoms with van der Waals surface area (Å²) in [6.07, 6.45) is 3.51. The number of ether oxygens (including phenoxy) is 1. The molecule has 1 aliphatic heterocycles. The van der Waals surface area contributed by atoms with Gasteiger partial charge in [-0.15, -0.1) is 5.10 Å². The second-order valence-electron chi connectivity index (χ2n) is 6.16. The van der Waals surface area contributed by atoms with Crippen LogP contribution in [0.1, 0.15) is 36.3 Å². The third kappa shape index (κ3) is 4.93. The predicted molar refractivity (Wildman–Crippen MR) is 95.0 cm³/mol. The van der Waals surface area contributed by atoms with Gasteiger partial charge in [0.25, 0.3) is 5.91 Å². The van der Waals surface area contributed by atoms with E-state index in [9.17, 15) is 4.79 Å². The van der Waals surface area contributed by atoms with Crippen LogP contribution in [-0.4, -0.2) is 46.6 Å². The molecule has 2 heterocycles. The van der Waals surface area contributed by atoms with E-state index in [2.05, 4.69) is 20.9 Å². The van der Waals surface area contributed by atoms with Gasteiger partial charge in [-0.05, 0) is 51.1 Å². The van der Waals surface area contributed by atoms with Crippen molar-refractivity contribution in [2.75, 3.05) is 19.6 Å². The molecule has 0 saturated carbocycles. The van der Waals surface area contributed by atoms with Crippen molar-refractivity contribution in [1.82, 2.24) is 25.6 Å². The van der Waals surface area contributed by atoms with Gasteiger partial charge in [0, 0.05) is 5.02 Å². The van der Waals surface area contributed by atoms with Crippen LogP contribution in [0.15, 0.2) is 30.5 Å². The van der Waals surface area contributed by atoms with E-state index >= 15 is 0 Å². The van der Waals surface area contributed by atoms with Crippen molar-refractivity contribution in [2.24, 2.45) is 0 Å². The summed E-state index contributed by atoms with van der Waals surface area (Å²) in [4.78, 5) is 12.2. The Hall–Kier alpha value is -2.12. The highest BCUT2D eigenvalue weighted by Gasteiger charge is 2.19. The molecule has 25 heavy (non-hydrogen) atoms. The first-order valence-electron chi connectivity index (χ1n) is 8.45. The summed E-state index contributed by atoms with van der Waals surface area (Å²) in [5.41, 5.74) is 0.327. The van der Waals surface area contributed by atoms with Gasteiger partial charge >= 0.3 is 0 Å². The van der Waals surface area contributed by atoms with E-state index in [0.29, 0.717) is 29.1 Å². The summed E-state index contributed by atoms with van der Waals surface area (Å²) in [7, 11) is 0. The Kier molecular flexibility index (Phi) is 5.88. The quantitative estimate of drug-likeness (QED) is 0.821. The fourth-order valence-electron chi connectivity index (χ4n) is 2.77. The lowest BCUT2D eigenvalue weighted by molar-refractivity contribution is 0.0927. The largest absolute Gasteiger partial charge is 0.489 e. The summed E-state index contributed by atoms with van der Waals surface area (Å²) in [5.74, 6) is 0.424. The summed E-state index contributed by atoms with van der Waals surface area (Å²) in [5, 5.41) is 14.8. The molecular formula is C17H22ClN5O2. The minimum absolute atomic E-state index is 0.193. The van der Waals surface area contributed by atoms with Crippen LogP contribution in [0.4, 0.5) is 0 Å². The molecule has 1 amide bonds. The first-order chi connectivity index (χ1) is 12.1. The number of hydrogen-bond acceptors (Lipinski definition) is 5. The van der Waals surface area contributed by atoms with Crippen molar-refractivity contribution >= 4 is 17.5 Å². The number of aromatic nitrogens is 3. The SMILES string of the molecule is CC(CNC(=O)c1cn(C2CCNCC2)nn1)Oc1cccc(Cl)c1. The van der Waals surface area contributed by atoms with Gasteiger partial charge < -0.3 is 15.4 Å². The van der Waals surface area contributed by atoms with Gasteiger partial charge in [-0.1, -0.05) is 22.9 Å². The normalized spacial score (nSPS) is 16.4. The molecule has 0 radical (unpaired) electrons. The molecule has 1 fully saturated rings. The van der Waals surface area contributed by atoms with E-state index in [1.807, 2.05) is 19.1 Å². The second kappa shape index (κ2) is 8.31. The first-order valence-corrected chi connectivity index (χ1v) is 8.82. The number of amides is 1. The highest BCUT2D eigenvalue weighted by molar-refractivity contribution is 6.30. The topological polar surface area (TPSA) is 81.1 Å². The minimum Gasteiger partial charge on any atom is -0.489 e. The highest BCUT2D eigenvalue weighted by atomic mass is 35.5. The average molecular weight is 364 g/mol. The number of nitrogens with one attached hydrogen (secondary N) is 2. The lowest BCUT2D eigenvalue weighted by Crippen LogP contribution is -2.33. The maximum atomic E-state index is 12.2. The molecule has 0 spiro atoms. The zero-order valence-corrected chi connectivity index (χ0v) is 14.9. The molecule has 1 saturated heterocycles. The van der Waals surface area contributed by atoms with E-state index in [4.69, 9.17) is 16.3 Å². The summed E-state index contributed by atoms with van der Waals surface area (Å²) in [6, 6.07) is 7.48. The van der Waals surface area contributed by atoms with Crippen molar-refractivity contribution in [3.05, 3.63) is 41.2 Å². The van der Waals surface area contributed by atoms with Crippen LogP contribution in [0.5, 0.6) is 5.75 Å². The Balaban J connectivity index is 1.49. The number of rotatable bonds is 6. The molecule has 3 rings (SSSR count). The van der Waals surface area contributed by atoms with Crippen LogP contribution in [-0.2, 0) is 0 Å². The van der Waals surface area contributed by atoms with Crippen LogP contribution in [0.3, 0.4) is 0 Å². The number of nitrogens with zero attached hydrogens (tertiary/aromatic N) is 3. The summed E-state index contributed by atoms with van der Waals surface area (Å²) >= 11 is 5.93. The monoisotopic (exact) mass is 363 g/mol. The van der Waals surface area contributed by atoms with Crippen molar-refractivity contribution < 1.29 is 9.53 Å². The number of carbonyl (C=O) groups excluding carboxylic acids is 1. The van der Waals surface area contributed by atoms with Crippen LogP contribution in [0.2, 0.25) is 5.02 Å². The molecule has 1 atom stereocenters. The van der Waals surface area contributed by atoms with Crippen molar-refractivity contribution in [3.8, 4) is 5.75 Å². The van der Waals surface area contributed by atoms with E-state index in [1.54, 1.807) is 23.0 Å². The molecule has 2 aromatic rings. The van der Waals surface area contributed by atoms with Crippen molar-refractivity contribution in [1.29, 1.82) is 0 Å². The smallest absolute Gasteiger partial charge is 0.273 e. The molecule has 134 valence electrons. The molecular weight excluding hydrogens is 342 g/mol. The minimum atomic E-state index is -0.248. The lowest BCUT2D eigenvalue weighted by atomic mass is 10.1. The van der Waals surface area contributed by atoms with Crippen LogP contribution < -0.4 is 15.4 Å². The van der Waals surface area contributed by atoms with Gasteiger partial charge in [0.2, 0.25) is 0 Å². The molecule has 1 aromatic carbocycles. The molecule has 1 aliphatic rings. The molecule has 2 N–H and O–H groups in total. The first kappa shape index (κ1) is 17.7.